The Morgan fingerprint density at radius 2 is 1.33 bits per heavy atom. The van der Waals surface area contributed by atoms with Crippen LogP contribution in [0.4, 0.5) is 0 Å². The molecule has 0 aromatic heterocycles. The normalized spacial score (nSPS) is 5.33. The third-order valence-electron chi connectivity index (χ3n) is 0. The minimum atomic E-state index is -0.556. The molecule has 0 saturated carbocycles. The van der Waals surface area contributed by atoms with Gasteiger partial charge in [0.05, 0.1) is 0 Å². The maximum absolute atomic E-state index is 4.89. The van der Waals surface area contributed by atoms with Gasteiger partial charge >= 0.3 is 35.6 Å². The molecule has 6 heavy (non-hydrogen) atoms. The van der Waals surface area contributed by atoms with E-state index >= 15 is 0 Å². The molecule has 0 N–H and O–H groups in total. The van der Waals surface area contributed by atoms with E-state index in [9.17, 15) is 0 Å². The Balaban J connectivity index is 0. The SMILES string of the molecule is C[N-]C.[Cl][Ti][Cl]. The van der Waals surface area contributed by atoms with E-state index in [-0.39, 0.29) is 0 Å². The van der Waals surface area contributed by atoms with Crippen molar-refractivity contribution >= 4 is 18.6 Å². The van der Waals surface area contributed by atoms with Crippen LogP contribution < -0.4 is 0 Å². The Labute approximate surface area is 55.1 Å². The standard InChI is InChI=1S/C2H6N.2ClH.Ti/c1-3-2;;;/h1-2H3;2*1H;/q-1;;;+2/p-2. The van der Waals surface area contributed by atoms with Gasteiger partial charge in [-0.3, -0.25) is 0 Å². The molecule has 0 bridgehead atoms. The topological polar surface area (TPSA) is 14.1 Å². The van der Waals surface area contributed by atoms with Gasteiger partial charge in [-0.1, -0.05) is 0 Å². The second-order valence-corrected chi connectivity index (χ2v) is 3.10. The number of rotatable bonds is 0. The van der Waals surface area contributed by atoms with Crippen LogP contribution in [0.3, 0.4) is 0 Å². The number of hydrogen-bond acceptors (Lipinski definition) is 0. The second kappa shape index (κ2) is 16.3. The van der Waals surface area contributed by atoms with Crippen molar-refractivity contribution in [2.24, 2.45) is 0 Å². The first-order valence-electron chi connectivity index (χ1n) is 1.27. The molecule has 0 aliphatic heterocycles. The molecular weight excluding hydrogens is 157 g/mol. The molecule has 0 radical (unpaired) electrons. The molecule has 0 aromatic rings. The first-order valence-corrected chi connectivity index (χ1v) is 5.57. The zero-order valence-corrected chi connectivity index (χ0v) is 6.78. The van der Waals surface area contributed by atoms with Crippen molar-refractivity contribution in [3.63, 3.8) is 0 Å². The Hall–Kier alpha value is 1.25. The van der Waals surface area contributed by atoms with Crippen molar-refractivity contribution in [2.45, 2.75) is 0 Å². The molecule has 0 aliphatic rings. The van der Waals surface area contributed by atoms with Gasteiger partial charge in [0.1, 0.15) is 0 Å². The third-order valence-corrected chi connectivity index (χ3v) is 0. The Morgan fingerprint density at radius 1 is 1.33 bits per heavy atom. The Morgan fingerprint density at radius 3 is 1.33 bits per heavy atom. The van der Waals surface area contributed by atoms with Gasteiger partial charge in [0.25, 0.3) is 0 Å². The maximum atomic E-state index is 4.89. The summed E-state index contributed by atoms with van der Waals surface area (Å²) in [5.74, 6) is 0. The molecule has 0 atom stereocenters. The molecule has 0 heterocycles. The van der Waals surface area contributed by atoms with Gasteiger partial charge in [0.2, 0.25) is 0 Å². The van der Waals surface area contributed by atoms with Crippen LogP contribution in [0.15, 0.2) is 0 Å². The first kappa shape index (κ1) is 10.3. The zero-order chi connectivity index (χ0) is 5.41. The number of halogens is 2. The fraction of sp³-hybridized carbons (Fsp3) is 1.00. The van der Waals surface area contributed by atoms with E-state index in [4.69, 9.17) is 18.6 Å². The van der Waals surface area contributed by atoms with Crippen LogP contribution in [0, 0.1) is 0 Å². The summed E-state index contributed by atoms with van der Waals surface area (Å²) in [6, 6.07) is 0. The van der Waals surface area contributed by atoms with Crippen molar-refractivity contribution in [1.82, 2.24) is 0 Å². The van der Waals surface area contributed by atoms with Gasteiger partial charge in [-0.25, -0.2) is 0 Å². The molecule has 0 unspecified atom stereocenters. The monoisotopic (exact) mass is 162 g/mol. The molecular formula is C2H6Cl2NTi-. The predicted molar refractivity (Wildman–Crippen MR) is 26.9 cm³/mol. The van der Waals surface area contributed by atoms with Crippen molar-refractivity contribution < 1.29 is 17.0 Å². The van der Waals surface area contributed by atoms with E-state index in [1.165, 1.54) is 0 Å². The van der Waals surface area contributed by atoms with Crippen molar-refractivity contribution in [3.05, 3.63) is 5.32 Å². The van der Waals surface area contributed by atoms with Crippen LogP contribution in [0.1, 0.15) is 0 Å². The van der Waals surface area contributed by atoms with Crippen molar-refractivity contribution in [1.29, 1.82) is 0 Å². The fourth-order valence-corrected chi connectivity index (χ4v) is 0. The van der Waals surface area contributed by atoms with Crippen LogP contribution in [-0.4, -0.2) is 14.1 Å². The first-order chi connectivity index (χ1) is 2.83. The van der Waals surface area contributed by atoms with Gasteiger partial charge in [-0.2, -0.15) is 14.1 Å². The molecule has 1 nitrogen and oxygen atoms in total. The third kappa shape index (κ3) is 60.4. The van der Waals surface area contributed by atoms with Gasteiger partial charge in [-0.15, -0.1) is 0 Å². The predicted octanol–water partition coefficient (Wildman–Crippen LogP) is 2.00. The van der Waals surface area contributed by atoms with Gasteiger partial charge in [-0.05, 0) is 0 Å². The molecule has 0 aromatic carbocycles. The number of hydrogen-bond donors (Lipinski definition) is 0. The minimum absolute atomic E-state index is 0.556. The molecule has 0 fully saturated rings. The molecule has 0 amide bonds. The van der Waals surface area contributed by atoms with Crippen molar-refractivity contribution in [3.8, 4) is 0 Å². The Bertz CT molecular complexity index is 13.5. The summed E-state index contributed by atoms with van der Waals surface area (Å²) in [5.41, 5.74) is 0. The summed E-state index contributed by atoms with van der Waals surface area (Å²) < 4.78 is 0. The van der Waals surface area contributed by atoms with Crippen LogP contribution in [0.2, 0.25) is 0 Å². The van der Waals surface area contributed by atoms with Gasteiger partial charge in [0, 0.05) is 0 Å². The molecule has 0 spiro atoms. The molecule has 4 heteroatoms. The van der Waals surface area contributed by atoms with E-state index in [1.54, 1.807) is 14.1 Å². The molecule has 0 rings (SSSR count). The van der Waals surface area contributed by atoms with Gasteiger partial charge in [0.15, 0.2) is 0 Å². The summed E-state index contributed by atoms with van der Waals surface area (Å²) >= 11 is -0.556. The average molecular weight is 163 g/mol. The summed E-state index contributed by atoms with van der Waals surface area (Å²) in [6.45, 7) is 0. The fourth-order valence-electron chi connectivity index (χ4n) is 0. The van der Waals surface area contributed by atoms with Gasteiger partial charge < -0.3 is 5.32 Å². The van der Waals surface area contributed by atoms with E-state index in [1.807, 2.05) is 0 Å². The van der Waals surface area contributed by atoms with E-state index in [0.717, 1.165) is 0 Å². The van der Waals surface area contributed by atoms with E-state index < -0.39 is 17.0 Å². The molecule has 0 saturated heterocycles. The van der Waals surface area contributed by atoms with E-state index in [2.05, 4.69) is 5.32 Å². The van der Waals surface area contributed by atoms with Crippen LogP contribution in [0.5, 0.6) is 0 Å². The van der Waals surface area contributed by atoms with Crippen molar-refractivity contribution in [2.75, 3.05) is 14.1 Å². The summed E-state index contributed by atoms with van der Waals surface area (Å²) in [6.07, 6.45) is 0. The van der Waals surface area contributed by atoms with Crippen LogP contribution in [0.25, 0.3) is 5.32 Å². The zero-order valence-electron chi connectivity index (χ0n) is 3.70. The average Bonchev–Trinajstić information content (AvgIpc) is 1.39. The van der Waals surface area contributed by atoms with Crippen LogP contribution in [-0.2, 0) is 17.0 Å². The number of nitrogens with zero attached hydrogens (tertiary/aromatic N) is 1. The van der Waals surface area contributed by atoms with Crippen LogP contribution >= 0.6 is 18.6 Å². The molecule has 38 valence electrons. The van der Waals surface area contributed by atoms with E-state index in [0.29, 0.717) is 0 Å². The second-order valence-electron chi connectivity index (χ2n) is 0.519. The quantitative estimate of drug-likeness (QED) is 0.484. The Kier molecular flexibility index (Phi) is 27.9. The summed E-state index contributed by atoms with van der Waals surface area (Å²) in [4.78, 5) is 0. The summed E-state index contributed by atoms with van der Waals surface area (Å²) in [7, 11) is 13.3. The molecule has 0 aliphatic carbocycles. The summed E-state index contributed by atoms with van der Waals surface area (Å²) in [5, 5.41) is 3.50.